The highest BCUT2D eigenvalue weighted by atomic mass is 35.5. The Bertz CT molecular complexity index is 1020. The molecule has 2 aromatic carbocycles. The van der Waals surface area contributed by atoms with E-state index < -0.39 is 10.0 Å². The maximum absolute atomic E-state index is 12.7. The van der Waals surface area contributed by atoms with Gasteiger partial charge in [0.15, 0.2) is 0 Å². The lowest BCUT2D eigenvalue weighted by atomic mass is 10.2. The lowest BCUT2D eigenvalue weighted by Crippen LogP contribution is -2.24. The van der Waals surface area contributed by atoms with Crippen molar-refractivity contribution in [3.63, 3.8) is 0 Å². The molecule has 2 aromatic rings. The average molecular weight is 424 g/mol. The number of hydrogen-bond acceptors (Lipinski definition) is 6. The number of thioether (sulfide) groups is 1. The third-order valence-corrected chi connectivity index (χ3v) is 6.48. The largest absolute Gasteiger partial charge is 0.506 e. The lowest BCUT2D eigenvalue weighted by Gasteiger charge is -2.17. The molecule has 6 nitrogen and oxygen atoms in total. The van der Waals surface area contributed by atoms with E-state index >= 15 is 0 Å². The van der Waals surface area contributed by atoms with E-state index in [1.807, 2.05) is 6.92 Å². The van der Waals surface area contributed by atoms with E-state index in [2.05, 4.69) is 15.0 Å². The number of nitrogens with one attached hydrogen (secondary N) is 2. The fourth-order valence-corrected chi connectivity index (χ4v) is 4.81. The number of sulfonamides is 1. The molecule has 1 aliphatic rings. The van der Waals surface area contributed by atoms with Crippen LogP contribution >= 0.6 is 23.4 Å². The summed E-state index contributed by atoms with van der Waals surface area (Å²) in [5.41, 5.74) is 3.60. The number of halogens is 1. The molecule has 0 radical (unpaired) electrons. The summed E-state index contributed by atoms with van der Waals surface area (Å²) >= 11 is 7.18. The molecule has 3 N–H and O–H groups in total. The van der Waals surface area contributed by atoms with Crippen LogP contribution in [0, 0.1) is 0 Å². The van der Waals surface area contributed by atoms with Gasteiger partial charge in [0.25, 0.3) is 10.0 Å². The van der Waals surface area contributed by atoms with Gasteiger partial charge in [-0.1, -0.05) is 36.4 Å². The number of aromatic hydroxyl groups is 1. The molecule has 3 rings (SSSR count). The third kappa shape index (κ3) is 4.77. The summed E-state index contributed by atoms with van der Waals surface area (Å²) in [5.74, 6) is -0.180. The first-order valence-corrected chi connectivity index (χ1v) is 10.9. The molecule has 142 valence electrons. The Labute approximate surface area is 167 Å². The number of phenolic OH excluding ortho intramolecular Hbond substituents is 1. The summed E-state index contributed by atoms with van der Waals surface area (Å²) in [5, 5.41) is 14.4. The monoisotopic (exact) mass is 423 g/mol. The molecule has 0 unspecified atom stereocenters. The third-order valence-electron chi connectivity index (χ3n) is 3.89. The molecule has 0 aliphatic carbocycles. The van der Waals surface area contributed by atoms with Crippen LogP contribution in [0.4, 0.5) is 11.4 Å². The van der Waals surface area contributed by atoms with E-state index in [1.54, 1.807) is 29.8 Å². The molecule has 0 aromatic heterocycles. The number of hydrogen-bond donors (Lipinski definition) is 3. The number of anilines is 2. The Hall–Kier alpha value is -2.16. The van der Waals surface area contributed by atoms with Crippen LogP contribution in [0.3, 0.4) is 0 Å². The Morgan fingerprint density at radius 2 is 2.07 bits per heavy atom. The normalized spacial score (nSPS) is 14.3. The Morgan fingerprint density at radius 1 is 1.26 bits per heavy atom. The zero-order valence-corrected chi connectivity index (χ0v) is 16.8. The van der Waals surface area contributed by atoms with Crippen LogP contribution in [0.2, 0.25) is 5.02 Å². The quantitative estimate of drug-likeness (QED) is 0.596. The van der Waals surface area contributed by atoms with Crippen molar-refractivity contribution in [2.75, 3.05) is 11.9 Å². The molecule has 27 heavy (non-hydrogen) atoms. The first-order chi connectivity index (χ1) is 12.9. The minimum atomic E-state index is -3.82. The van der Waals surface area contributed by atoms with Crippen molar-refractivity contribution in [2.24, 2.45) is 4.99 Å². The molecular formula is C18H18ClN3O3S2. The van der Waals surface area contributed by atoms with Crippen molar-refractivity contribution in [3.8, 4) is 5.75 Å². The summed E-state index contributed by atoms with van der Waals surface area (Å²) in [6.07, 6.45) is 0.704. The molecule has 0 fully saturated rings. The lowest BCUT2D eigenvalue weighted by molar-refractivity contribution is 0.475. The van der Waals surface area contributed by atoms with Crippen LogP contribution in [0.1, 0.15) is 13.3 Å². The van der Waals surface area contributed by atoms with Gasteiger partial charge < -0.3 is 10.4 Å². The van der Waals surface area contributed by atoms with Crippen LogP contribution in [0.15, 0.2) is 63.0 Å². The maximum atomic E-state index is 12.7. The number of benzene rings is 2. The van der Waals surface area contributed by atoms with Gasteiger partial charge in [-0.3, -0.25) is 9.71 Å². The smallest absolute Gasteiger partial charge is 0.262 e. The van der Waals surface area contributed by atoms with E-state index in [1.165, 1.54) is 30.0 Å². The summed E-state index contributed by atoms with van der Waals surface area (Å²) < 4.78 is 27.9. The second-order valence-electron chi connectivity index (χ2n) is 5.77. The van der Waals surface area contributed by atoms with Crippen molar-refractivity contribution in [1.82, 2.24) is 4.72 Å². The van der Waals surface area contributed by atoms with Gasteiger partial charge in [-0.2, -0.15) is 0 Å². The molecule has 1 aliphatic heterocycles. The second-order valence-corrected chi connectivity index (χ2v) is 8.74. The van der Waals surface area contributed by atoms with Gasteiger partial charge in [-0.25, -0.2) is 8.42 Å². The van der Waals surface area contributed by atoms with E-state index in [9.17, 15) is 13.5 Å². The minimum Gasteiger partial charge on any atom is -0.506 e. The van der Waals surface area contributed by atoms with Gasteiger partial charge in [-0.05, 0) is 42.3 Å². The van der Waals surface area contributed by atoms with Gasteiger partial charge in [0.2, 0.25) is 0 Å². The van der Waals surface area contributed by atoms with Gasteiger partial charge >= 0.3 is 0 Å². The number of rotatable bonds is 6. The van der Waals surface area contributed by atoms with Crippen molar-refractivity contribution >= 4 is 50.3 Å². The molecule has 1 heterocycles. The second kappa shape index (κ2) is 8.24. The number of aliphatic imine (C=N–C) groups is 1. The van der Waals surface area contributed by atoms with Crippen molar-refractivity contribution in [2.45, 2.75) is 18.2 Å². The van der Waals surface area contributed by atoms with E-state index in [-0.39, 0.29) is 10.6 Å². The molecule has 0 spiro atoms. The summed E-state index contributed by atoms with van der Waals surface area (Å²) in [6, 6.07) is 11.2. The van der Waals surface area contributed by atoms with Gasteiger partial charge in [0, 0.05) is 16.8 Å². The average Bonchev–Trinajstić information content (AvgIpc) is 2.63. The fourth-order valence-electron chi connectivity index (χ4n) is 2.45. The van der Waals surface area contributed by atoms with E-state index in [4.69, 9.17) is 11.6 Å². The molecule has 0 amide bonds. The Kier molecular flexibility index (Phi) is 5.98. The number of nitrogens with zero attached hydrogens (tertiary/aromatic N) is 1. The summed E-state index contributed by atoms with van der Waals surface area (Å²) in [7, 11) is -3.82. The van der Waals surface area contributed by atoms with Gasteiger partial charge in [0.1, 0.15) is 5.75 Å². The van der Waals surface area contributed by atoms with Crippen molar-refractivity contribution in [3.05, 3.63) is 58.1 Å². The predicted octanol–water partition coefficient (Wildman–Crippen LogP) is 4.46. The zero-order valence-electron chi connectivity index (χ0n) is 14.4. The highest BCUT2D eigenvalue weighted by Gasteiger charge is 2.20. The van der Waals surface area contributed by atoms with Crippen molar-refractivity contribution in [1.29, 1.82) is 0 Å². The highest BCUT2D eigenvalue weighted by molar-refractivity contribution is 8.15. The number of phenols is 1. The van der Waals surface area contributed by atoms with Gasteiger partial charge in [0.05, 0.1) is 27.7 Å². The Balaban J connectivity index is 1.82. The molecule has 0 saturated heterocycles. The predicted molar refractivity (Wildman–Crippen MR) is 111 cm³/mol. The topological polar surface area (TPSA) is 90.8 Å². The summed E-state index contributed by atoms with van der Waals surface area (Å²) in [4.78, 5) is 4.12. The molecule has 0 bridgehead atoms. The van der Waals surface area contributed by atoms with E-state index in [0.717, 1.165) is 5.57 Å². The fraction of sp³-hybridized carbons (Fsp3) is 0.167. The first-order valence-electron chi connectivity index (χ1n) is 8.14. The molecule has 0 saturated carbocycles. The first kappa shape index (κ1) is 19.6. The Morgan fingerprint density at radius 3 is 2.78 bits per heavy atom. The van der Waals surface area contributed by atoms with E-state index in [0.29, 0.717) is 34.4 Å². The highest BCUT2D eigenvalue weighted by Crippen LogP contribution is 2.31. The SMILES string of the molecule is CCC1=C(NS(=O)(=O)c2ccc(Nc3cccc(Cl)c3)c(O)c2)SC=NC1. The van der Waals surface area contributed by atoms with Crippen molar-refractivity contribution < 1.29 is 13.5 Å². The van der Waals surface area contributed by atoms with Crippen LogP contribution < -0.4 is 10.0 Å². The summed E-state index contributed by atoms with van der Waals surface area (Å²) in [6.45, 7) is 2.43. The van der Waals surface area contributed by atoms with Crippen LogP contribution in [-0.2, 0) is 10.0 Å². The van der Waals surface area contributed by atoms with Gasteiger partial charge in [-0.15, -0.1) is 0 Å². The maximum Gasteiger partial charge on any atom is 0.262 e. The molecular weight excluding hydrogens is 406 g/mol. The standard InChI is InChI=1S/C18H18ClN3O3S2/c1-2-12-10-20-11-26-18(12)22-27(24,25)15-6-7-16(17(23)9-15)21-14-5-3-4-13(19)8-14/h3-9,11,21-23H,2,10H2,1H3. The van der Waals surface area contributed by atoms with Crippen LogP contribution in [0.5, 0.6) is 5.75 Å². The van der Waals surface area contributed by atoms with Crippen LogP contribution in [-0.4, -0.2) is 25.6 Å². The minimum absolute atomic E-state index is 0.0253. The van der Waals surface area contributed by atoms with Crippen LogP contribution in [0.25, 0.3) is 0 Å². The zero-order chi connectivity index (χ0) is 19.4. The molecule has 9 heteroatoms. The molecule has 0 atom stereocenters.